The number of Topliss-reactive ketones (excluding diaryl/α,β-unsaturated/α-hetero) is 1. The lowest BCUT2D eigenvalue weighted by Crippen LogP contribution is -2.40. The van der Waals surface area contributed by atoms with Crippen molar-refractivity contribution in [2.45, 2.75) is 44.6 Å². The van der Waals surface area contributed by atoms with E-state index in [1.807, 2.05) is 30.5 Å². The van der Waals surface area contributed by atoms with Gasteiger partial charge in [0.1, 0.15) is 0 Å². The van der Waals surface area contributed by atoms with E-state index in [1.165, 1.54) is 19.3 Å². The first-order chi connectivity index (χ1) is 10.2. The van der Waals surface area contributed by atoms with Gasteiger partial charge in [0.15, 0.2) is 5.78 Å². The van der Waals surface area contributed by atoms with Crippen LogP contribution in [0.3, 0.4) is 0 Å². The van der Waals surface area contributed by atoms with Crippen molar-refractivity contribution < 1.29 is 4.79 Å². The van der Waals surface area contributed by atoms with Crippen molar-refractivity contribution in [2.24, 2.45) is 11.7 Å². The molecule has 0 radical (unpaired) electrons. The molecule has 1 heterocycles. The second-order valence-electron chi connectivity index (χ2n) is 6.12. The van der Waals surface area contributed by atoms with Crippen LogP contribution in [0.15, 0.2) is 36.7 Å². The summed E-state index contributed by atoms with van der Waals surface area (Å²) >= 11 is 0. The minimum Gasteiger partial charge on any atom is -0.321 e. The lowest BCUT2D eigenvalue weighted by Gasteiger charge is -2.26. The first-order valence-electron chi connectivity index (χ1n) is 7.85. The number of benzene rings is 1. The minimum absolute atomic E-state index is 0.171. The molecular formula is C18H22N2O. The number of nitrogens with zero attached hydrogens (tertiary/aromatic N) is 1. The Bertz CT molecular complexity index is 632. The second kappa shape index (κ2) is 6.35. The summed E-state index contributed by atoms with van der Waals surface area (Å²) in [5.74, 6) is 0.554. The average Bonchev–Trinajstić information content (AvgIpc) is 2.55. The average molecular weight is 282 g/mol. The Balaban J connectivity index is 1.70. The molecule has 0 bridgehead atoms. The van der Waals surface area contributed by atoms with E-state index < -0.39 is 0 Å². The molecule has 1 aliphatic carbocycles. The van der Waals surface area contributed by atoms with Gasteiger partial charge in [-0.25, -0.2) is 0 Å². The zero-order valence-corrected chi connectivity index (χ0v) is 12.3. The van der Waals surface area contributed by atoms with Crippen molar-refractivity contribution in [2.75, 3.05) is 0 Å². The van der Waals surface area contributed by atoms with Gasteiger partial charge in [0.25, 0.3) is 0 Å². The van der Waals surface area contributed by atoms with Crippen LogP contribution in [0.5, 0.6) is 0 Å². The zero-order chi connectivity index (χ0) is 14.7. The van der Waals surface area contributed by atoms with Crippen LogP contribution in [0.4, 0.5) is 0 Å². The molecule has 1 fully saturated rings. The molecule has 0 saturated heterocycles. The van der Waals surface area contributed by atoms with Crippen molar-refractivity contribution >= 4 is 16.6 Å². The topological polar surface area (TPSA) is 56.0 Å². The molecule has 1 aromatic carbocycles. The summed E-state index contributed by atoms with van der Waals surface area (Å²) in [4.78, 5) is 16.5. The van der Waals surface area contributed by atoms with Crippen molar-refractivity contribution in [1.82, 2.24) is 4.98 Å². The molecule has 2 N–H and O–H groups in total. The number of carbonyl (C=O) groups excluding carboxylic acids is 1. The molecule has 0 spiro atoms. The fourth-order valence-electron chi connectivity index (χ4n) is 3.32. The summed E-state index contributed by atoms with van der Waals surface area (Å²) in [6.07, 6.45) is 9.98. The Morgan fingerprint density at radius 3 is 2.81 bits per heavy atom. The molecule has 3 nitrogen and oxygen atoms in total. The van der Waals surface area contributed by atoms with Gasteiger partial charge in [-0.05, 0) is 41.8 Å². The summed E-state index contributed by atoms with van der Waals surface area (Å²) in [6.45, 7) is 0. The van der Waals surface area contributed by atoms with E-state index in [9.17, 15) is 4.79 Å². The van der Waals surface area contributed by atoms with Gasteiger partial charge in [0, 0.05) is 24.2 Å². The predicted octanol–water partition coefficient (Wildman–Crippen LogP) is 3.25. The number of pyridine rings is 1. The summed E-state index contributed by atoms with van der Waals surface area (Å²) in [5.41, 5.74) is 7.22. The first-order valence-corrected chi connectivity index (χ1v) is 7.85. The maximum Gasteiger partial charge on any atom is 0.154 e. The largest absolute Gasteiger partial charge is 0.321 e. The highest BCUT2D eigenvalue weighted by Crippen LogP contribution is 2.26. The number of fused-ring (bicyclic) bond motifs is 1. The Morgan fingerprint density at radius 2 is 2.00 bits per heavy atom. The van der Waals surface area contributed by atoms with Crippen LogP contribution in [0, 0.1) is 5.92 Å². The van der Waals surface area contributed by atoms with Gasteiger partial charge < -0.3 is 5.73 Å². The van der Waals surface area contributed by atoms with Gasteiger partial charge in [-0.3, -0.25) is 9.78 Å². The van der Waals surface area contributed by atoms with Gasteiger partial charge in [-0.2, -0.15) is 0 Å². The molecule has 1 aromatic heterocycles. The molecule has 1 atom stereocenters. The van der Waals surface area contributed by atoms with E-state index in [4.69, 9.17) is 5.73 Å². The monoisotopic (exact) mass is 282 g/mol. The van der Waals surface area contributed by atoms with Crippen molar-refractivity contribution in [3.63, 3.8) is 0 Å². The van der Waals surface area contributed by atoms with Gasteiger partial charge in [-0.1, -0.05) is 31.4 Å². The quantitative estimate of drug-likeness (QED) is 0.936. The third kappa shape index (κ3) is 3.30. The molecule has 0 amide bonds. The van der Waals surface area contributed by atoms with E-state index in [2.05, 4.69) is 4.98 Å². The number of hydrogen-bond donors (Lipinski definition) is 1. The minimum atomic E-state index is -0.296. The third-order valence-corrected chi connectivity index (χ3v) is 4.61. The van der Waals surface area contributed by atoms with Gasteiger partial charge in [-0.15, -0.1) is 0 Å². The van der Waals surface area contributed by atoms with E-state index in [1.54, 1.807) is 6.20 Å². The fourth-order valence-corrected chi connectivity index (χ4v) is 3.32. The van der Waals surface area contributed by atoms with Gasteiger partial charge in [0.2, 0.25) is 0 Å². The van der Waals surface area contributed by atoms with Crippen molar-refractivity contribution in [3.8, 4) is 0 Å². The van der Waals surface area contributed by atoms with Crippen LogP contribution < -0.4 is 5.73 Å². The van der Waals surface area contributed by atoms with Crippen LogP contribution in [0.1, 0.15) is 37.7 Å². The molecule has 1 aliphatic rings. The summed E-state index contributed by atoms with van der Waals surface area (Å²) in [5, 5.41) is 2.23. The molecule has 0 aliphatic heterocycles. The Labute approximate surface area is 125 Å². The molecule has 1 saturated carbocycles. The molecule has 3 rings (SSSR count). The molecular weight excluding hydrogens is 260 g/mol. The van der Waals surface area contributed by atoms with E-state index in [0.717, 1.165) is 29.2 Å². The highest BCUT2D eigenvalue weighted by atomic mass is 16.1. The van der Waals surface area contributed by atoms with E-state index in [-0.39, 0.29) is 11.8 Å². The number of ketones is 1. The Kier molecular flexibility index (Phi) is 4.30. The number of carbonyl (C=O) groups is 1. The maximum absolute atomic E-state index is 12.4. The highest BCUT2D eigenvalue weighted by molar-refractivity contribution is 5.88. The molecule has 3 heteroatoms. The highest BCUT2D eigenvalue weighted by Gasteiger charge is 2.25. The molecule has 0 unspecified atom stereocenters. The lowest BCUT2D eigenvalue weighted by molar-refractivity contribution is -0.121. The first kappa shape index (κ1) is 14.2. The van der Waals surface area contributed by atoms with Crippen LogP contribution >= 0.6 is 0 Å². The molecule has 21 heavy (non-hydrogen) atoms. The van der Waals surface area contributed by atoms with E-state index >= 15 is 0 Å². The summed E-state index contributed by atoms with van der Waals surface area (Å²) < 4.78 is 0. The normalized spacial score (nSPS) is 17.8. The van der Waals surface area contributed by atoms with Crippen LogP contribution in [0.25, 0.3) is 10.8 Å². The predicted molar refractivity (Wildman–Crippen MR) is 85.0 cm³/mol. The number of nitrogens with two attached hydrogens (primary N) is 1. The SMILES string of the molecule is N[C@@H](C(=O)Cc1ccc2ccncc2c1)C1CCCCC1. The van der Waals surface area contributed by atoms with Crippen LogP contribution in [-0.2, 0) is 11.2 Å². The maximum atomic E-state index is 12.4. The molecule has 110 valence electrons. The van der Waals surface area contributed by atoms with E-state index in [0.29, 0.717) is 12.3 Å². The molecule has 2 aromatic rings. The lowest BCUT2D eigenvalue weighted by atomic mass is 9.81. The van der Waals surface area contributed by atoms with Crippen molar-refractivity contribution in [3.05, 3.63) is 42.2 Å². The fraction of sp³-hybridized carbons (Fsp3) is 0.444. The smallest absolute Gasteiger partial charge is 0.154 e. The summed E-state index contributed by atoms with van der Waals surface area (Å²) in [6, 6.07) is 7.80. The number of hydrogen-bond acceptors (Lipinski definition) is 3. The van der Waals surface area contributed by atoms with Gasteiger partial charge >= 0.3 is 0 Å². The summed E-state index contributed by atoms with van der Waals surface area (Å²) in [7, 11) is 0. The van der Waals surface area contributed by atoms with Crippen LogP contribution in [0.2, 0.25) is 0 Å². The van der Waals surface area contributed by atoms with Crippen molar-refractivity contribution in [1.29, 1.82) is 0 Å². The van der Waals surface area contributed by atoms with Crippen LogP contribution in [-0.4, -0.2) is 16.8 Å². The standard InChI is InChI=1S/C18H22N2O/c19-18(15-4-2-1-3-5-15)17(21)11-13-6-7-14-8-9-20-12-16(14)10-13/h6-10,12,15,18H,1-5,11,19H2/t18-/m1/s1. The number of rotatable bonds is 4. The second-order valence-corrected chi connectivity index (χ2v) is 6.12. The Morgan fingerprint density at radius 1 is 1.19 bits per heavy atom. The number of aromatic nitrogens is 1. The Hall–Kier alpha value is -1.74. The third-order valence-electron chi connectivity index (χ3n) is 4.61. The zero-order valence-electron chi connectivity index (χ0n) is 12.3. The van der Waals surface area contributed by atoms with Gasteiger partial charge in [0.05, 0.1) is 6.04 Å².